The number of aromatic nitrogens is 4. The molecule has 0 saturated carbocycles. The highest BCUT2D eigenvalue weighted by molar-refractivity contribution is 7.79. The van der Waals surface area contributed by atoms with Gasteiger partial charge >= 0.3 is 11.9 Å². The summed E-state index contributed by atoms with van der Waals surface area (Å²) in [4.78, 5) is 50.1. The zero-order valence-corrected chi connectivity index (χ0v) is 47.8. The number of nitrogens with one attached hydrogen (secondary N) is 1. The van der Waals surface area contributed by atoms with E-state index in [0.717, 1.165) is 55.5 Å². The number of aryl methyl sites for hydroxylation is 5. The lowest BCUT2D eigenvalue weighted by Crippen LogP contribution is -2.34. The van der Waals surface area contributed by atoms with Crippen LogP contribution in [0.3, 0.4) is 0 Å². The summed E-state index contributed by atoms with van der Waals surface area (Å²) in [5.41, 5.74) is 12.7. The largest absolute Gasteiger partial charge is 0.386 e. The normalized spacial score (nSPS) is 15.3. The molecule has 16 nitrogen and oxygen atoms in total. The number of fused-ring (bicyclic) bond motifs is 2. The van der Waals surface area contributed by atoms with Gasteiger partial charge in [-0.1, -0.05) is 137 Å². The second-order valence-corrected chi connectivity index (χ2v) is 20.5. The molecule has 0 bridgehead atoms. The van der Waals surface area contributed by atoms with E-state index in [1.807, 2.05) is 52.2 Å². The lowest BCUT2D eigenvalue weighted by atomic mass is 9.99. The number of hydrogen-bond donors (Lipinski definition) is 3. The molecule has 78 heavy (non-hydrogen) atoms. The van der Waals surface area contributed by atoms with Gasteiger partial charge in [0.2, 0.25) is 12.2 Å². The number of nitrogens with zero attached hydrogens (tertiary/aromatic N) is 10. The minimum atomic E-state index is -0.464. The van der Waals surface area contributed by atoms with Crippen LogP contribution in [-0.2, 0) is 33.7 Å². The molecule has 3 aromatic carbocycles. The minimum Gasteiger partial charge on any atom is -0.386 e. The summed E-state index contributed by atoms with van der Waals surface area (Å²) < 4.78 is 6.47. The summed E-state index contributed by atoms with van der Waals surface area (Å²) in [5, 5.41) is 20.2. The number of benzene rings is 3. The molecule has 1 aliphatic carbocycles. The van der Waals surface area contributed by atoms with Crippen LogP contribution in [0, 0.1) is 36.6 Å². The average Bonchev–Trinajstić information content (AvgIpc) is 4.26. The lowest BCUT2D eigenvalue weighted by Gasteiger charge is -2.27. The first kappa shape index (κ1) is 62.9. The first-order valence-corrected chi connectivity index (χ1v) is 28.9. The van der Waals surface area contributed by atoms with Crippen LogP contribution < -0.4 is 27.4 Å². The predicted octanol–water partition coefficient (Wildman–Crippen LogP) is 9.43. The van der Waals surface area contributed by atoms with Gasteiger partial charge in [-0.05, 0) is 82.6 Å². The summed E-state index contributed by atoms with van der Waals surface area (Å²) in [6.07, 6.45) is 23.0. The number of nitrogens with two attached hydrogens (primary N) is 2. The highest BCUT2D eigenvalue weighted by atomic mass is 31.1. The Balaban J connectivity index is 0.000000201. The van der Waals surface area contributed by atoms with Gasteiger partial charge in [0.15, 0.2) is 0 Å². The van der Waals surface area contributed by atoms with Crippen molar-refractivity contribution in [3.05, 3.63) is 150 Å². The molecule has 2 saturated heterocycles. The zero-order chi connectivity index (χ0) is 56.3. The van der Waals surface area contributed by atoms with Gasteiger partial charge in [-0.15, -0.1) is 4.99 Å². The van der Waals surface area contributed by atoms with Crippen molar-refractivity contribution in [3.63, 3.8) is 0 Å². The maximum absolute atomic E-state index is 10.9. The Kier molecular flexibility index (Phi) is 29.3. The molecular formula is C61H82N13O3P. The predicted molar refractivity (Wildman–Crippen MR) is 318 cm³/mol. The fraction of sp³-hybridized carbons (Fsp3) is 0.426. The minimum absolute atomic E-state index is 0.197. The molecule has 7 heterocycles. The van der Waals surface area contributed by atoms with Crippen LogP contribution in [0.1, 0.15) is 121 Å². The van der Waals surface area contributed by atoms with Crippen LogP contribution in [0.4, 0.5) is 0 Å². The van der Waals surface area contributed by atoms with Gasteiger partial charge in [-0.25, -0.2) is 19.6 Å². The number of H-pyrrole nitrogens is 1. The SMILES string of the molecule is C1CCC2=NCCCN2CC1.C1CN=C2CCCN2C1.CC.CCc1nc(C)cn1CCC#N.CCc1ncc(C)[nH]1.N#CN=C(N)N.O=C1OC(=O)C2=C1CC=CC2.c1ccc(P(c2ccccc2)c2ccccc2)cc1. The zero-order valence-electron chi connectivity index (χ0n) is 46.9. The molecule has 17 heteroatoms. The highest BCUT2D eigenvalue weighted by Gasteiger charge is 2.32. The number of amidine groups is 2. The monoisotopic (exact) mass is 1080 g/mol. The molecule has 0 unspecified atom stereocenters. The highest BCUT2D eigenvalue weighted by Crippen LogP contribution is 2.32. The van der Waals surface area contributed by atoms with Crippen molar-refractivity contribution in [2.75, 3.05) is 39.3 Å². The Hall–Kier alpha value is -7.68. The van der Waals surface area contributed by atoms with E-state index in [4.69, 9.17) is 22.0 Å². The Morgan fingerprint density at radius 3 is 1.63 bits per heavy atom. The summed E-state index contributed by atoms with van der Waals surface area (Å²) in [5.74, 6) is 3.79. The Bertz CT molecular complexity index is 2680. The second-order valence-electron chi connectivity index (χ2n) is 18.3. The number of aromatic amines is 1. The van der Waals surface area contributed by atoms with Gasteiger partial charge in [0.1, 0.15) is 11.6 Å². The number of nitriles is 2. The lowest BCUT2D eigenvalue weighted by molar-refractivity contribution is -0.151. The van der Waals surface area contributed by atoms with E-state index in [1.54, 1.807) is 0 Å². The van der Waals surface area contributed by atoms with Crippen molar-refractivity contribution >= 4 is 53.4 Å². The third-order valence-corrected chi connectivity index (χ3v) is 15.0. The van der Waals surface area contributed by atoms with Crippen LogP contribution in [-0.4, -0.2) is 98.2 Å². The Labute approximate surface area is 464 Å². The van der Waals surface area contributed by atoms with E-state index < -0.39 is 19.9 Å². The first-order valence-electron chi connectivity index (χ1n) is 27.6. The number of esters is 2. The maximum Gasteiger partial charge on any atom is 0.342 e. The van der Waals surface area contributed by atoms with Crippen LogP contribution in [0.15, 0.2) is 142 Å². The number of carbonyl (C=O) groups excluding carboxylic acids is 2. The van der Waals surface area contributed by atoms with Gasteiger partial charge in [0.25, 0.3) is 0 Å². The summed E-state index contributed by atoms with van der Waals surface area (Å²) in [6.45, 7) is 20.1. The molecule has 0 spiro atoms. The summed E-state index contributed by atoms with van der Waals surface area (Å²) in [6, 6.07) is 34.5. The number of guanidine groups is 1. The van der Waals surface area contributed by atoms with Crippen LogP contribution in [0.5, 0.6) is 0 Å². The molecule has 0 atom stereocenters. The number of rotatable bonds is 7. The van der Waals surface area contributed by atoms with Crippen molar-refractivity contribution in [1.82, 2.24) is 29.3 Å². The fourth-order valence-electron chi connectivity index (χ4n) is 8.94. The number of carbonyl (C=O) groups is 2. The summed E-state index contributed by atoms with van der Waals surface area (Å²) >= 11 is 0. The van der Waals surface area contributed by atoms with Crippen LogP contribution in [0.25, 0.3) is 0 Å². The van der Waals surface area contributed by atoms with E-state index >= 15 is 0 Å². The van der Waals surface area contributed by atoms with E-state index in [0.29, 0.717) is 30.4 Å². The third kappa shape index (κ3) is 21.7. The van der Waals surface area contributed by atoms with Gasteiger partial charge in [0.05, 0.1) is 41.0 Å². The standard InChI is InChI=1S/C18H15P.C9H13N3.C9H16N2.C8H6O3.C7H12N2.C6H10N2.C2H4N4.C2H6/c1-4-10-16(11-5-1)19(17-12-6-2-7-13-17)18-14-8-3-9-15-18;1-3-9-11-8(2)7-12(9)6-4-5-10;1-2-5-9-10-6-4-8-11(9)7-3-1;9-7-5-3-1-2-4-6(5)8(10)11-7;1-3-7-8-4-2-6-9(7)5-1;1-3-6-7-4-5(2)8-6;3-1-6-2(4)5;1-2/h1-15H;7H,3-4,6H2,1-2H3;1-8H2;1-2H,3-4H2;1-6H2;4H,3H2,1-2H3,(H,7,8);(H4,4,5,6);1-2H3. The number of hydrogen-bond acceptors (Lipinski definition) is 12. The number of cyclic esters (lactones) is 2. The van der Waals surface area contributed by atoms with E-state index in [-0.39, 0.29) is 5.96 Å². The number of aliphatic imine (C=N–C) groups is 3. The molecule has 414 valence electrons. The van der Waals surface area contributed by atoms with Crippen molar-refractivity contribution in [2.45, 2.75) is 132 Å². The Morgan fingerprint density at radius 2 is 1.21 bits per heavy atom. The van der Waals surface area contributed by atoms with Crippen molar-refractivity contribution in [2.24, 2.45) is 26.4 Å². The average molecular weight is 1080 g/mol. The van der Waals surface area contributed by atoms with Gasteiger partial charge in [-0.3, -0.25) is 9.98 Å². The fourth-order valence-corrected chi connectivity index (χ4v) is 11.2. The van der Waals surface area contributed by atoms with Gasteiger partial charge < -0.3 is 35.6 Å². The molecule has 0 amide bonds. The molecule has 2 aromatic heterocycles. The quantitative estimate of drug-likeness (QED) is 0.0264. The van der Waals surface area contributed by atoms with Crippen molar-refractivity contribution in [1.29, 1.82) is 10.5 Å². The number of imidazole rings is 2. The molecule has 5 N–H and O–H groups in total. The van der Waals surface area contributed by atoms with Gasteiger partial charge in [-0.2, -0.15) is 10.5 Å². The molecule has 6 aliphatic rings. The molecule has 5 aliphatic heterocycles. The van der Waals surface area contributed by atoms with E-state index in [1.165, 1.54) is 111 Å². The smallest absolute Gasteiger partial charge is 0.342 e. The van der Waals surface area contributed by atoms with Gasteiger partial charge in [0, 0.05) is 89.6 Å². The number of allylic oxidation sites excluding steroid dienone is 2. The van der Waals surface area contributed by atoms with Crippen LogP contribution in [0.2, 0.25) is 0 Å². The molecule has 11 rings (SSSR count). The number of ether oxygens (including phenoxy) is 1. The molecule has 2 fully saturated rings. The van der Waals surface area contributed by atoms with E-state index in [2.05, 4.69) is 160 Å². The maximum atomic E-state index is 10.9. The third-order valence-electron chi connectivity index (χ3n) is 12.6. The summed E-state index contributed by atoms with van der Waals surface area (Å²) in [7, 11) is -0.446. The van der Waals surface area contributed by atoms with Crippen molar-refractivity contribution < 1.29 is 14.3 Å². The second kappa shape index (κ2) is 36.4. The molecule has 0 radical (unpaired) electrons. The Morgan fingerprint density at radius 1 is 0.705 bits per heavy atom. The molecular weight excluding hydrogens is 994 g/mol. The molecule has 5 aromatic rings. The van der Waals surface area contributed by atoms with Crippen molar-refractivity contribution in [3.8, 4) is 12.3 Å². The topological polar surface area (TPSA) is 233 Å². The van der Waals surface area contributed by atoms with E-state index in [9.17, 15) is 9.59 Å². The first-order chi connectivity index (χ1) is 38.0. The van der Waals surface area contributed by atoms with Crippen LogP contribution >= 0.6 is 7.92 Å².